The van der Waals surface area contributed by atoms with Crippen molar-refractivity contribution in [1.29, 1.82) is 0 Å². The molecule has 0 amide bonds. The van der Waals surface area contributed by atoms with Gasteiger partial charge in [0, 0.05) is 16.7 Å². The Morgan fingerprint density at radius 2 is 1.94 bits per heavy atom. The van der Waals surface area contributed by atoms with E-state index in [4.69, 9.17) is 4.74 Å². The second kappa shape index (κ2) is 7.15. The van der Waals surface area contributed by atoms with Gasteiger partial charge in [-0.2, -0.15) is 0 Å². The number of anilines is 1. The zero-order valence-electron chi connectivity index (χ0n) is 11.0. The molecule has 1 aliphatic rings. The second-order valence-electron chi connectivity index (χ2n) is 5.16. The van der Waals surface area contributed by atoms with E-state index >= 15 is 0 Å². The highest BCUT2D eigenvalue weighted by atomic mass is 79.9. The first-order valence-corrected chi connectivity index (χ1v) is 7.65. The number of ether oxygens (including phenoxy) is 1. The van der Waals surface area contributed by atoms with Crippen molar-refractivity contribution in [2.75, 3.05) is 18.5 Å². The van der Waals surface area contributed by atoms with Crippen LogP contribution in [0.1, 0.15) is 32.6 Å². The summed E-state index contributed by atoms with van der Waals surface area (Å²) in [6.45, 7) is 4.00. The monoisotopic (exact) mass is 311 g/mol. The number of benzene rings is 1. The van der Waals surface area contributed by atoms with Gasteiger partial charge in [0.2, 0.25) is 0 Å². The van der Waals surface area contributed by atoms with Gasteiger partial charge in [0.25, 0.3) is 0 Å². The highest BCUT2D eigenvalue weighted by molar-refractivity contribution is 9.10. The second-order valence-corrected chi connectivity index (χ2v) is 6.01. The number of nitrogens with one attached hydrogen (secondary N) is 1. The molecule has 18 heavy (non-hydrogen) atoms. The van der Waals surface area contributed by atoms with Crippen LogP contribution in [0.25, 0.3) is 0 Å². The van der Waals surface area contributed by atoms with Crippen LogP contribution < -0.4 is 5.32 Å². The number of rotatable bonds is 5. The van der Waals surface area contributed by atoms with Gasteiger partial charge in [-0.3, -0.25) is 0 Å². The van der Waals surface area contributed by atoms with Gasteiger partial charge in [0.05, 0.1) is 12.7 Å². The Labute approximate surface area is 118 Å². The molecule has 0 aromatic heterocycles. The Morgan fingerprint density at radius 1 is 1.22 bits per heavy atom. The summed E-state index contributed by atoms with van der Waals surface area (Å²) in [6.07, 6.45) is 5.60. The molecule has 100 valence electrons. The summed E-state index contributed by atoms with van der Waals surface area (Å²) in [4.78, 5) is 0. The van der Waals surface area contributed by atoms with Crippen molar-refractivity contribution in [3.63, 3.8) is 0 Å². The summed E-state index contributed by atoms with van der Waals surface area (Å²) in [6, 6.07) is 8.18. The fraction of sp³-hybridized carbons (Fsp3) is 0.600. The molecule has 2 nitrogen and oxygen atoms in total. The minimum Gasteiger partial charge on any atom is -0.382 e. The molecule has 0 saturated heterocycles. The van der Waals surface area contributed by atoms with Crippen molar-refractivity contribution in [1.82, 2.24) is 0 Å². The smallest absolute Gasteiger partial charge is 0.0642 e. The molecule has 2 rings (SSSR count). The van der Waals surface area contributed by atoms with Gasteiger partial charge in [0.1, 0.15) is 0 Å². The van der Waals surface area contributed by atoms with E-state index in [0.29, 0.717) is 6.10 Å². The predicted octanol–water partition coefficient (Wildman–Crippen LogP) is 4.46. The maximum absolute atomic E-state index is 5.92. The molecule has 3 heteroatoms. The van der Waals surface area contributed by atoms with E-state index in [9.17, 15) is 0 Å². The number of hydrogen-bond donors (Lipinski definition) is 1. The molecule has 0 radical (unpaired) electrons. The molecule has 0 unspecified atom stereocenters. The van der Waals surface area contributed by atoms with Crippen LogP contribution >= 0.6 is 15.9 Å². The van der Waals surface area contributed by atoms with Crippen molar-refractivity contribution < 1.29 is 4.74 Å². The fourth-order valence-corrected chi connectivity index (χ4v) is 2.84. The lowest BCUT2D eigenvalue weighted by atomic mass is 9.89. The van der Waals surface area contributed by atoms with E-state index in [0.717, 1.165) is 29.2 Å². The first-order valence-electron chi connectivity index (χ1n) is 6.85. The summed E-state index contributed by atoms with van der Waals surface area (Å²) in [5.74, 6) is 0.892. The average molecular weight is 312 g/mol. The molecule has 0 bridgehead atoms. The van der Waals surface area contributed by atoms with Gasteiger partial charge in [-0.1, -0.05) is 19.1 Å². The molecule has 1 aromatic rings. The third kappa shape index (κ3) is 4.29. The summed E-state index contributed by atoms with van der Waals surface area (Å²) in [5, 5.41) is 3.39. The Bertz CT molecular complexity index is 361. The zero-order chi connectivity index (χ0) is 12.8. The van der Waals surface area contributed by atoms with Crippen molar-refractivity contribution in [3.8, 4) is 0 Å². The molecule has 1 aromatic carbocycles. The molecule has 1 fully saturated rings. The molecule has 0 spiro atoms. The lowest BCUT2D eigenvalue weighted by molar-refractivity contribution is 0.0257. The van der Waals surface area contributed by atoms with Gasteiger partial charge in [-0.25, -0.2) is 0 Å². The van der Waals surface area contributed by atoms with E-state index in [-0.39, 0.29) is 0 Å². The van der Waals surface area contributed by atoms with Crippen LogP contribution in [-0.4, -0.2) is 19.3 Å². The highest BCUT2D eigenvalue weighted by Crippen LogP contribution is 2.25. The molecule has 0 aliphatic heterocycles. The lowest BCUT2D eigenvalue weighted by Crippen LogP contribution is -2.23. The molecule has 0 atom stereocenters. The number of halogens is 1. The van der Waals surface area contributed by atoms with Crippen LogP contribution in [0.2, 0.25) is 0 Å². The van der Waals surface area contributed by atoms with Crippen LogP contribution in [-0.2, 0) is 4.74 Å². The van der Waals surface area contributed by atoms with Crippen LogP contribution in [0.3, 0.4) is 0 Å². The Balaban J connectivity index is 1.63. The van der Waals surface area contributed by atoms with Gasteiger partial charge >= 0.3 is 0 Å². The molecular weight excluding hydrogens is 290 g/mol. The van der Waals surface area contributed by atoms with Gasteiger partial charge < -0.3 is 10.1 Å². The molecular formula is C15H22BrNO. The summed E-state index contributed by atoms with van der Waals surface area (Å²) in [5.41, 5.74) is 1.14. The van der Waals surface area contributed by atoms with Gasteiger partial charge in [-0.05, 0) is 59.7 Å². The Hall–Kier alpha value is -0.540. The minimum atomic E-state index is 0.488. The molecule has 0 heterocycles. The van der Waals surface area contributed by atoms with E-state index in [1.807, 2.05) is 18.2 Å². The van der Waals surface area contributed by atoms with Crippen LogP contribution in [0.5, 0.6) is 0 Å². The fourth-order valence-electron chi connectivity index (χ4n) is 2.41. The Morgan fingerprint density at radius 3 is 2.67 bits per heavy atom. The van der Waals surface area contributed by atoms with Crippen molar-refractivity contribution in [3.05, 3.63) is 28.7 Å². The quantitative estimate of drug-likeness (QED) is 0.811. The minimum absolute atomic E-state index is 0.488. The van der Waals surface area contributed by atoms with E-state index < -0.39 is 0 Å². The van der Waals surface area contributed by atoms with Gasteiger partial charge in [-0.15, -0.1) is 0 Å². The maximum Gasteiger partial charge on any atom is 0.0642 e. The third-order valence-electron chi connectivity index (χ3n) is 3.61. The van der Waals surface area contributed by atoms with E-state index in [1.165, 1.54) is 25.7 Å². The molecule has 1 N–H and O–H groups in total. The normalized spacial score (nSPS) is 23.9. The largest absolute Gasteiger partial charge is 0.382 e. The summed E-state index contributed by atoms with van der Waals surface area (Å²) < 4.78 is 7.02. The van der Waals surface area contributed by atoms with Gasteiger partial charge in [0.15, 0.2) is 0 Å². The lowest BCUT2D eigenvalue weighted by Gasteiger charge is -2.26. The third-order valence-corrected chi connectivity index (χ3v) is 4.30. The first kappa shape index (κ1) is 13.9. The highest BCUT2D eigenvalue weighted by Gasteiger charge is 2.18. The van der Waals surface area contributed by atoms with Crippen LogP contribution in [0, 0.1) is 5.92 Å². The number of para-hydroxylation sites is 1. The SMILES string of the molecule is CC1CCC(OCCNc2ccccc2Br)CC1. The Kier molecular flexibility index (Phi) is 5.51. The van der Waals surface area contributed by atoms with Crippen molar-refractivity contribution in [2.24, 2.45) is 5.92 Å². The van der Waals surface area contributed by atoms with Crippen molar-refractivity contribution >= 4 is 21.6 Å². The molecule has 1 aliphatic carbocycles. The van der Waals surface area contributed by atoms with Crippen LogP contribution in [0.15, 0.2) is 28.7 Å². The predicted molar refractivity (Wildman–Crippen MR) is 80.0 cm³/mol. The standard InChI is InChI=1S/C15H22BrNO/c1-12-6-8-13(9-7-12)18-11-10-17-15-5-3-2-4-14(15)16/h2-5,12-13,17H,6-11H2,1H3. The summed E-state index contributed by atoms with van der Waals surface area (Å²) >= 11 is 3.53. The maximum atomic E-state index is 5.92. The van der Waals surface area contributed by atoms with E-state index in [1.54, 1.807) is 0 Å². The zero-order valence-corrected chi connectivity index (χ0v) is 12.6. The first-order chi connectivity index (χ1) is 8.75. The van der Waals surface area contributed by atoms with Crippen molar-refractivity contribution in [2.45, 2.75) is 38.7 Å². The average Bonchev–Trinajstić information content (AvgIpc) is 2.39. The number of hydrogen-bond acceptors (Lipinski definition) is 2. The van der Waals surface area contributed by atoms with E-state index in [2.05, 4.69) is 34.2 Å². The topological polar surface area (TPSA) is 21.3 Å². The van der Waals surface area contributed by atoms with Crippen LogP contribution in [0.4, 0.5) is 5.69 Å². The summed E-state index contributed by atoms with van der Waals surface area (Å²) in [7, 11) is 0. The molecule has 1 saturated carbocycles.